The van der Waals surface area contributed by atoms with Gasteiger partial charge in [0.1, 0.15) is 17.1 Å². The van der Waals surface area contributed by atoms with Gasteiger partial charge in [-0.15, -0.1) is 0 Å². The van der Waals surface area contributed by atoms with Crippen molar-refractivity contribution in [3.63, 3.8) is 0 Å². The molecular weight excluding hydrogens is 410 g/mol. The van der Waals surface area contributed by atoms with Crippen LogP contribution in [0.25, 0.3) is 5.65 Å². The Balaban J connectivity index is 1.52. The van der Waals surface area contributed by atoms with E-state index in [9.17, 15) is 29.4 Å². The van der Waals surface area contributed by atoms with Gasteiger partial charge < -0.3 is 26.6 Å². The van der Waals surface area contributed by atoms with Gasteiger partial charge in [0.25, 0.3) is 22.6 Å². The summed E-state index contributed by atoms with van der Waals surface area (Å²) in [7, 11) is 0. The molecule has 0 spiro atoms. The molecule has 31 heavy (non-hydrogen) atoms. The van der Waals surface area contributed by atoms with Crippen molar-refractivity contribution in [2.24, 2.45) is 0 Å². The summed E-state index contributed by atoms with van der Waals surface area (Å²) in [4.78, 5) is 50.5. The van der Waals surface area contributed by atoms with Crippen molar-refractivity contribution in [1.29, 1.82) is 0 Å². The van der Waals surface area contributed by atoms with E-state index in [1.807, 2.05) is 0 Å². The van der Waals surface area contributed by atoms with Crippen LogP contribution in [0.5, 0.6) is 5.88 Å². The Morgan fingerprint density at radius 3 is 2.65 bits per heavy atom. The number of nitrogens with zero attached hydrogens (tertiary/aromatic N) is 4. The minimum absolute atomic E-state index is 0.0131. The second-order valence-electron chi connectivity index (χ2n) is 6.44. The van der Waals surface area contributed by atoms with Crippen LogP contribution >= 0.6 is 0 Å². The van der Waals surface area contributed by atoms with Crippen molar-refractivity contribution >= 4 is 34.6 Å². The molecule has 0 aliphatic rings. The summed E-state index contributed by atoms with van der Waals surface area (Å²) in [5.74, 6) is -2.70. The van der Waals surface area contributed by atoms with E-state index in [4.69, 9.17) is 5.73 Å². The zero-order valence-electron chi connectivity index (χ0n) is 15.5. The lowest BCUT2D eigenvalue weighted by Gasteiger charge is -2.11. The van der Waals surface area contributed by atoms with E-state index in [2.05, 4.69) is 25.9 Å². The molecule has 156 valence electrons. The maximum absolute atomic E-state index is 12.5. The SMILES string of the molecule is Nc1c(Nc2cccc(CNC(=O)c3cc(C(=O)O)n4nnc(O)c4n3)c2)c(=O)c1=O. The molecule has 4 aromatic rings. The highest BCUT2D eigenvalue weighted by atomic mass is 16.4. The predicted octanol–water partition coefficient (Wildman–Crippen LogP) is -0.620. The Bertz CT molecular complexity index is 1430. The van der Waals surface area contributed by atoms with E-state index in [1.54, 1.807) is 24.3 Å². The van der Waals surface area contributed by atoms with Gasteiger partial charge in [-0.25, -0.2) is 9.78 Å². The van der Waals surface area contributed by atoms with Crippen LogP contribution in [0.15, 0.2) is 39.9 Å². The highest BCUT2D eigenvalue weighted by Gasteiger charge is 2.20. The lowest BCUT2D eigenvalue weighted by Crippen LogP contribution is -2.36. The molecule has 2 aromatic carbocycles. The minimum atomic E-state index is -1.39. The van der Waals surface area contributed by atoms with Crippen LogP contribution < -0.4 is 27.2 Å². The zero-order chi connectivity index (χ0) is 22.3. The van der Waals surface area contributed by atoms with Gasteiger partial charge in [-0.3, -0.25) is 14.4 Å². The fourth-order valence-electron chi connectivity index (χ4n) is 2.84. The molecule has 0 atom stereocenters. The smallest absolute Gasteiger partial charge is 0.354 e. The standard InChI is InChI=1S/C18H13N7O6/c19-11-12(14(27)13(11)26)21-8-3-1-2-7(4-8)6-20-16(28)9-5-10(18(30)31)25-15(22-9)17(29)23-24-25/h1-5,21,29H,6,19H2,(H,20,28)(H,30,31). The van der Waals surface area contributed by atoms with Gasteiger partial charge in [-0.2, -0.15) is 4.52 Å². The molecule has 1 amide bonds. The lowest BCUT2D eigenvalue weighted by atomic mass is 10.1. The predicted molar refractivity (Wildman–Crippen MR) is 106 cm³/mol. The van der Waals surface area contributed by atoms with Gasteiger partial charge in [0.05, 0.1) is 0 Å². The van der Waals surface area contributed by atoms with E-state index in [1.165, 1.54) is 0 Å². The average Bonchev–Trinajstić information content (AvgIpc) is 3.15. The molecule has 13 heteroatoms. The summed E-state index contributed by atoms with van der Waals surface area (Å²) in [6, 6.07) is 7.64. The molecule has 0 aliphatic carbocycles. The van der Waals surface area contributed by atoms with Gasteiger partial charge >= 0.3 is 5.97 Å². The first kappa shape index (κ1) is 19.5. The summed E-state index contributed by atoms with van der Waals surface area (Å²) >= 11 is 0. The van der Waals surface area contributed by atoms with Gasteiger partial charge in [-0.05, 0) is 17.7 Å². The number of hydrogen-bond acceptors (Lipinski definition) is 10. The number of carboxylic acid groups (broad SMARTS) is 1. The number of rotatable bonds is 6. The molecule has 6 N–H and O–H groups in total. The number of hydrogen-bond donors (Lipinski definition) is 5. The number of benzene rings is 1. The van der Waals surface area contributed by atoms with Crippen LogP contribution in [-0.2, 0) is 6.54 Å². The number of fused-ring (bicyclic) bond motifs is 1. The molecule has 2 heterocycles. The molecule has 0 saturated heterocycles. The first-order chi connectivity index (χ1) is 14.8. The number of carboxylic acids is 1. The Morgan fingerprint density at radius 1 is 1.16 bits per heavy atom. The molecule has 0 unspecified atom stereocenters. The van der Waals surface area contributed by atoms with Crippen LogP contribution in [0.2, 0.25) is 0 Å². The summed E-state index contributed by atoms with van der Waals surface area (Å²) < 4.78 is 0.802. The topological polar surface area (TPSA) is 202 Å². The number of nitrogens with one attached hydrogen (secondary N) is 2. The number of carbonyl (C=O) groups is 2. The fraction of sp³-hybridized carbons (Fsp3) is 0.0556. The van der Waals surface area contributed by atoms with Crippen LogP contribution in [-0.4, -0.2) is 41.9 Å². The van der Waals surface area contributed by atoms with Gasteiger partial charge in [-0.1, -0.05) is 22.4 Å². The van der Waals surface area contributed by atoms with Gasteiger partial charge in [0.15, 0.2) is 5.69 Å². The molecule has 4 rings (SSSR count). The summed E-state index contributed by atoms with van der Waals surface area (Å²) in [5, 5.41) is 31.1. The Labute approximate surface area is 171 Å². The summed E-state index contributed by atoms with van der Waals surface area (Å²) in [6.07, 6.45) is 0. The number of nitrogens with two attached hydrogens (primary N) is 1. The quantitative estimate of drug-likeness (QED) is 0.247. The Hall–Kier alpha value is -4.81. The van der Waals surface area contributed by atoms with Crippen LogP contribution in [0.4, 0.5) is 17.1 Å². The molecule has 0 fully saturated rings. The molecule has 0 saturated carbocycles. The number of aromatic hydroxyl groups is 1. The van der Waals surface area contributed by atoms with Crippen molar-refractivity contribution in [1.82, 2.24) is 25.1 Å². The van der Waals surface area contributed by atoms with E-state index < -0.39 is 34.3 Å². The first-order valence-corrected chi connectivity index (χ1v) is 8.68. The molecular formula is C18H13N7O6. The number of anilines is 3. The molecule has 13 nitrogen and oxygen atoms in total. The van der Waals surface area contributed by atoms with Crippen LogP contribution in [0, 0.1) is 0 Å². The van der Waals surface area contributed by atoms with E-state index in [0.717, 1.165) is 10.6 Å². The largest absolute Gasteiger partial charge is 0.489 e. The van der Waals surface area contributed by atoms with Crippen LogP contribution in [0.1, 0.15) is 26.5 Å². The Kier molecular flexibility index (Phi) is 4.54. The molecule has 2 aromatic heterocycles. The van der Waals surface area contributed by atoms with E-state index >= 15 is 0 Å². The normalized spacial score (nSPS) is 11.0. The lowest BCUT2D eigenvalue weighted by molar-refractivity contribution is 0.0687. The van der Waals surface area contributed by atoms with Crippen molar-refractivity contribution in [2.75, 3.05) is 11.1 Å². The number of aromatic carboxylic acids is 1. The minimum Gasteiger partial charge on any atom is -0.489 e. The number of carbonyl (C=O) groups excluding carboxylic acids is 1. The summed E-state index contributed by atoms with van der Waals surface area (Å²) in [6.45, 7) is 0.0362. The molecule has 0 bridgehead atoms. The second kappa shape index (κ2) is 7.22. The number of aromatic nitrogens is 4. The number of nitrogen functional groups attached to an aromatic ring is 1. The third-order valence-electron chi connectivity index (χ3n) is 4.41. The van der Waals surface area contributed by atoms with Crippen molar-refractivity contribution in [2.45, 2.75) is 6.54 Å². The van der Waals surface area contributed by atoms with Gasteiger partial charge in [0, 0.05) is 18.3 Å². The van der Waals surface area contributed by atoms with Crippen molar-refractivity contribution in [3.05, 3.63) is 67.7 Å². The monoisotopic (exact) mass is 423 g/mol. The van der Waals surface area contributed by atoms with E-state index in [-0.39, 0.29) is 29.3 Å². The van der Waals surface area contributed by atoms with E-state index in [0.29, 0.717) is 11.3 Å². The molecule has 0 aliphatic heterocycles. The average molecular weight is 423 g/mol. The fourth-order valence-corrected chi connectivity index (χ4v) is 2.84. The third kappa shape index (κ3) is 3.39. The number of amides is 1. The zero-order valence-corrected chi connectivity index (χ0v) is 15.5. The first-order valence-electron chi connectivity index (χ1n) is 8.68. The third-order valence-corrected chi connectivity index (χ3v) is 4.41. The molecule has 0 radical (unpaired) electrons. The Morgan fingerprint density at radius 2 is 1.94 bits per heavy atom. The highest BCUT2D eigenvalue weighted by molar-refractivity contribution is 5.96. The van der Waals surface area contributed by atoms with Gasteiger partial charge in [0.2, 0.25) is 5.65 Å². The van der Waals surface area contributed by atoms with Crippen molar-refractivity contribution < 1.29 is 19.8 Å². The maximum atomic E-state index is 12.5. The second-order valence-corrected chi connectivity index (χ2v) is 6.44. The maximum Gasteiger partial charge on any atom is 0.354 e. The summed E-state index contributed by atoms with van der Waals surface area (Å²) in [5.41, 5.74) is 4.09. The van der Waals surface area contributed by atoms with Crippen LogP contribution in [0.3, 0.4) is 0 Å². The highest BCUT2D eigenvalue weighted by Crippen LogP contribution is 2.19. The van der Waals surface area contributed by atoms with Crippen molar-refractivity contribution in [3.8, 4) is 5.88 Å².